The number of nitrogens with zero attached hydrogens (tertiary/aromatic N) is 1. The molecule has 7 heteroatoms. The Morgan fingerprint density at radius 3 is 2.86 bits per heavy atom. The Balaban J connectivity index is 2.02. The van der Waals surface area contributed by atoms with Crippen molar-refractivity contribution in [3.8, 4) is 0 Å². The van der Waals surface area contributed by atoms with Gasteiger partial charge in [-0.15, -0.1) is 0 Å². The van der Waals surface area contributed by atoms with Crippen LogP contribution in [0.5, 0.6) is 0 Å². The van der Waals surface area contributed by atoms with Crippen LogP contribution < -0.4 is 10.6 Å². The van der Waals surface area contributed by atoms with Crippen molar-refractivity contribution in [2.45, 2.75) is 32.7 Å². The molecular formula is C15H20FN3O3. The number of nitrogens with one attached hydrogen (secondary N) is 2. The first-order valence-corrected chi connectivity index (χ1v) is 7.27. The van der Waals surface area contributed by atoms with E-state index in [1.54, 1.807) is 0 Å². The molecule has 2 N–H and O–H groups in total. The second-order valence-corrected chi connectivity index (χ2v) is 6.23. The number of hydrogen-bond donors (Lipinski definition) is 2. The molecular weight excluding hydrogens is 289 g/mol. The van der Waals surface area contributed by atoms with Crippen LogP contribution in [0.4, 0.5) is 10.1 Å². The summed E-state index contributed by atoms with van der Waals surface area (Å²) in [7, 11) is 0. The summed E-state index contributed by atoms with van der Waals surface area (Å²) >= 11 is 0. The van der Waals surface area contributed by atoms with E-state index in [4.69, 9.17) is 0 Å². The molecule has 1 aliphatic heterocycles. The van der Waals surface area contributed by atoms with Crippen LogP contribution in [-0.4, -0.2) is 30.0 Å². The fraction of sp³-hybridized carbons (Fsp3) is 0.533. The second-order valence-electron chi connectivity index (χ2n) is 6.23. The van der Waals surface area contributed by atoms with Gasteiger partial charge in [0, 0.05) is 18.7 Å². The summed E-state index contributed by atoms with van der Waals surface area (Å²) in [6.45, 7) is 5.54. The molecule has 1 saturated heterocycles. The molecule has 1 aromatic rings. The van der Waals surface area contributed by atoms with Crippen LogP contribution in [0.1, 0.15) is 37.0 Å². The maximum atomic E-state index is 13.8. The molecule has 0 aliphatic carbocycles. The highest BCUT2D eigenvalue weighted by molar-refractivity contribution is 5.94. The van der Waals surface area contributed by atoms with Gasteiger partial charge in [-0.3, -0.25) is 14.9 Å². The Kier molecular flexibility index (Phi) is 4.75. The predicted octanol–water partition coefficient (Wildman–Crippen LogP) is 2.24. The van der Waals surface area contributed by atoms with Crippen LogP contribution in [0.2, 0.25) is 0 Å². The van der Waals surface area contributed by atoms with Gasteiger partial charge < -0.3 is 10.6 Å². The average molecular weight is 309 g/mol. The van der Waals surface area contributed by atoms with Gasteiger partial charge in [0.1, 0.15) is 5.82 Å². The molecule has 1 aliphatic rings. The van der Waals surface area contributed by atoms with Gasteiger partial charge in [-0.25, -0.2) is 4.39 Å². The smallest absolute Gasteiger partial charge is 0.272 e. The molecule has 0 radical (unpaired) electrons. The van der Waals surface area contributed by atoms with Crippen molar-refractivity contribution in [3.05, 3.63) is 39.7 Å². The highest BCUT2D eigenvalue weighted by Crippen LogP contribution is 2.29. The number of benzene rings is 1. The standard InChI is InChI=1S/C15H20FN3O3/c1-15(2)6-3-7-17-13(15)9-18-14(20)11-5-4-10(19(21)22)8-12(11)16/h4-5,8,13,17H,3,6-7,9H2,1-2H3,(H,18,20). The maximum Gasteiger partial charge on any atom is 0.272 e. The number of carbonyl (C=O) groups is 1. The van der Waals surface area contributed by atoms with E-state index in [0.717, 1.165) is 37.6 Å². The summed E-state index contributed by atoms with van der Waals surface area (Å²) in [5.74, 6) is -1.45. The Morgan fingerprint density at radius 1 is 1.55 bits per heavy atom. The molecule has 1 unspecified atom stereocenters. The monoisotopic (exact) mass is 309 g/mol. The zero-order valence-electron chi connectivity index (χ0n) is 12.7. The fourth-order valence-corrected chi connectivity index (χ4v) is 2.71. The van der Waals surface area contributed by atoms with Crippen LogP contribution in [0.15, 0.2) is 18.2 Å². The second kappa shape index (κ2) is 6.39. The molecule has 1 amide bonds. The van der Waals surface area contributed by atoms with E-state index in [0.29, 0.717) is 6.54 Å². The van der Waals surface area contributed by atoms with Crippen molar-refractivity contribution in [1.29, 1.82) is 0 Å². The van der Waals surface area contributed by atoms with Crippen LogP contribution in [0, 0.1) is 21.3 Å². The molecule has 0 saturated carbocycles. The van der Waals surface area contributed by atoms with Crippen LogP contribution in [0.25, 0.3) is 0 Å². The van der Waals surface area contributed by atoms with E-state index in [1.165, 1.54) is 0 Å². The first kappa shape index (κ1) is 16.4. The lowest BCUT2D eigenvalue weighted by atomic mass is 9.77. The molecule has 1 heterocycles. The summed E-state index contributed by atoms with van der Waals surface area (Å²) in [5, 5.41) is 16.6. The van der Waals surface area contributed by atoms with E-state index in [-0.39, 0.29) is 22.7 Å². The Morgan fingerprint density at radius 2 is 2.27 bits per heavy atom. The third-order valence-corrected chi connectivity index (χ3v) is 4.21. The van der Waals surface area contributed by atoms with Crippen LogP contribution in [-0.2, 0) is 0 Å². The summed E-state index contributed by atoms with van der Waals surface area (Å²) < 4.78 is 13.8. The lowest BCUT2D eigenvalue weighted by molar-refractivity contribution is -0.385. The minimum atomic E-state index is -0.887. The normalized spacial score (nSPS) is 20.4. The van der Waals surface area contributed by atoms with Gasteiger partial charge in [0.25, 0.3) is 11.6 Å². The van der Waals surface area contributed by atoms with Gasteiger partial charge in [0.15, 0.2) is 0 Å². The van der Waals surface area contributed by atoms with E-state index in [1.807, 2.05) is 0 Å². The van der Waals surface area contributed by atoms with Crippen molar-refractivity contribution in [3.63, 3.8) is 0 Å². The quantitative estimate of drug-likeness (QED) is 0.660. The number of rotatable bonds is 4. The first-order chi connectivity index (χ1) is 10.3. The van der Waals surface area contributed by atoms with Gasteiger partial charge >= 0.3 is 0 Å². The van der Waals surface area contributed by atoms with Crippen molar-refractivity contribution in [1.82, 2.24) is 10.6 Å². The number of non-ortho nitro benzene ring substituents is 1. The molecule has 6 nitrogen and oxygen atoms in total. The number of amides is 1. The van der Waals surface area contributed by atoms with Gasteiger partial charge in [0.05, 0.1) is 16.6 Å². The van der Waals surface area contributed by atoms with Crippen molar-refractivity contribution in [2.75, 3.05) is 13.1 Å². The molecule has 1 atom stereocenters. The predicted molar refractivity (Wildman–Crippen MR) is 80.2 cm³/mol. The maximum absolute atomic E-state index is 13.8. The Hall–Kier alpha value is -2.02. The van der Waals surface area contributed by atoms with E-state index in [9.17, 15) is 19.3 Å². The van der Waals surface area contributed by atoms with Crippen LogP contribution >= 0.6 is 0 Å². The summed E-state index contributed by atoms with van der Waals surface area (Å²) in [5.41, 5.74) is -0.497. The Bertz CT molecular complexity index is 589. The minimum absolute atomic E-state index is 0.0551. The highest BCUT2D eigenvalue weighted by Gasteiger charge is 2.32. The Labute approximate surface area is 128 Å². The summed E-state index contributed by atoms with van der Waals surface area (Å²) in [4.78, 5) is 21.9. The molecule has 1 fully saturated rings. The SMILES string of the molecule is CC1(C)CCCNC1CNC(=O)c1ccc([N+](=O)[O-])cc1F. The number of hydrogen-bond acceptors (Lipinski definition) is 4. The van der Waals surface area contributed by atoms with Crippen molar-refractivity contribution >= 4 is 11.6 Å². The molecule has 22 heavy (non-hydrogen) atoms. The summed E-state index contributed by atoms with van der Waals surface area (Å²) in [6.07, 6.45) is 2.15. The third-order valence-electron chi connectivity index (χ3n) is 4.21. The number of piperidine rings is 1. The van der Waals surface area contributed by atoms with E-state index >= 15 is 0 Å². The van der Waals surface area contributed by atoms with Crippen LogP contribution in [0.3, 0.4) is 0 Å². The minimum Gasteiger partial charge on any atom is -0.350 e. The average Bonchev–Trinajstić information content (AvgIpc) is 2.45. The zero-order chi connectivity index (χ0) is 16.3. The fourth-order valence-electron chi connectivity index (χ4n) is 2.71. The lowest BCUT2D eigenvalue weighted by Gasteiger charge is -2.39. The summed E-state index contributed by atoms with van der Waals surface area (Å²) in [6, 6.07) is 3.15. The van der Waals surface area contributed by atoms with E-state index < -0.39 is 16.6 Å². The molecule has 120 valence electrons. The molecule has 0 aromatic heterocycles. The molecule has 1 aromatic carbocycles. The van der Waals surface area contributed by atoms with Gasteiger partial charge in [0.2, 0.25) is 0 Å². The molecule has 0 bridgehead atoms. The lowest BCUT2D eigenvalue weighted by Crippen LogP contribution is -2.52. The largest absolute Gasteiger partial charge is 0.350 e. The van der Waals surface area contributed by atoms with Gasteiger partial charge in [-0.1, -0.05) is 13.8 Å². The van der Waals surface area contributed by atoms with E-state index in [2.05, 4.69) is 24.5 Å². The highest BCUT2D eigenvalue weighted by atomic mass is 19.1. The van der Waals surface area contributed by atoms with Gasteiger partial charge in [-0.2, -0.15) is 0 Å². The third kappa shape index (κ3) is 3.59. The zero-order valence-corrected chi connectivity index (χ0v) is 12.7. The number of carbonyl (C=O) groups excluding carboxylic acids is 1. The number of nitro groups is 1. The van der Waals surface area contributed by atoms with Gasteiger partial charge in [-0.05, 0) is 30.9 Å². The first-order valence-electron chi connectivity index (χ1n) is 7.27. The topological polar surface area (TPSA) is 84.3 Å². The van der Waals surface area contributed by atoms with Crippen molar-refractivity contribution in [2.24, 2.45) is 5.41 Å². The molecule has 0 spiro atoms. The molecule has 2 rings (SSSR count). The number of halogens is 1. The number of nitro benzene ring substituents is 1. The van der Waals surface area contributed by atoms with Crippen molar-refractivity contribution < 1.29 is 14.1 Å².